The van der Waals surface area contributed by atoms with Gasteiger partial charge in [-0.1, -0.05) is 18.2 Å². The van der Waals surface area contributed by atoms with Crippen LogP contribution in [0.3, 0.4) is 0 Å². The zero-order valence-corrected chi connectivity index (χ0v) is 11.4. The van der Waals surface area contributed by atoms with Crippen molar-refractivity contribution in [3.63, 3.8) is 0 Å². The summed E-state index contributed by atoms with van der Waals surface area (Å²) in [5.41, 5.74) is 7.11. The summed E-state index contributed by atoms with van der Waals surface area (Å²) >= 11 is 0. The molecule has 1 aliphatic carbocycles. The van der Waals surface area contributed by atoms with Gasteiger partial charge in [0, 0.05) is 11.6 Å². The molecule has 0 aromatic heterocycles. The number of carbonyl (C=O) groups excluding carboxylic acids is 1. The Morgan fingerprint density at radius 2 is 1.82 bits per heavy atom. The lowest BCUT2D eigenvalue weighted by atomic mass is 9.99. The first kappa shape index (κ1) is 14.4. The first-order chi connectivity index (χ1) is 10.5. The highest BCUT2D eigenvalue weighted by Crippen LogP contribution is 2.37. The third-order valence-electron chi connectivity index (χ3n) is 3.75. The van der Waals surface area contributed by atoms with E-state index in [9.17, 15) is 18.0 Å². The van der Waals surface area contributed by atoms with Gasteiger partial charge in [0.15, 0.2) is 11.6 Å². The van der Waals surface area contributed by atoms with Crippen LogP contribution in [-0.2, 0) is 11.2 Å². The van der Waals surface area contributed by atoms with Crippen molar-refractivity contribution in [3.8, 4) is 11.1 Å². The van der Waals surface area contributed by atoms with Crippen LogP contribution in [0.4, 0.5) is 18.0 Å². The smallest absolute Gasteiger partial charge is 0.405 e. The van der Waals surface area contributed by atoms with E-state index >= 15 is 0 Å². The van der Waals surface area contributed by atoms with Gasteiger partial charge in [0.1, 0.15) is 11.9 Å². The molecular weight excluding hydrogens is 295 g/mol. The Bertz CT molecular complexity index is 761. The minimum Gasteiger partial charge on any atom is -0.441 e. The van der Waals surface area contributed by atoms with Crippen molar-refractivity contribution in [2.45, 2.75) is 18.9 Å². The van der Waals surface area contributed by atoms with Gasteiger partial charge in [-0.15, -0.1) is 0 Å². The third kappa shape index (κ3) is 2.52. The van der Waals surface area contributed by atoms with Crippen molar-refractivity contribution < 1.29 is 22.7 Å². The summed E-state index contributed by atoms with van der Waals surface area (Å²) in [6, 6.07) is 6.31. The number of amides is 1. The number of aryl methyl sites for hydroxylation is 1. The first-order valence-electron chi connectivity index (χ1n) is 6.69. The SMILES string of the molecule is NC(=O)OC1CCc2cc(-c3cc(F)c(F)cc3F)ccc21. The van der Waals surface area contributed by atoms with Crippen molar-refractivity contribution >= 4 is 6.09 Å². The number of rotatable bonds is 2. The fraction of sp³-hybridized carbons (Fsp3) is 0.188. The molecule has 0 radical (unpaired) electrons. The number of nitrogens with two attached hydrogens (primary N) is 1. The number of hydrogen-bond acceptors (Lipinski definition) is 2. The van der Waals surface area contributed by atoms with Crippen molar-refractivity contribution in [2.75, 3.05) is 0 Å². The molecule has 1 unspecified atom stereocenters. The van der Waals surface area contributed by atoms with E-state index in [0.29, 0.717) is 24.5 Å². The second kappa shape index (κ2) is 5.36. The van der Waals surface area contributed by atoms with E-state index in [4.69, 9.17) is 10.5 Å². The molecule has 0 saturated carbocycles. The molecule has 1 amide bonds. The van der Waals surface area contributed by atoms with E-state index in [1.54, 1.807) is 18.2 Å². The highest BCUT2D eigenvalue weighted by molar-refractivity contribution is 5.67. The van der Waals surface area contributed by atoms with Crippen LogP contribution in [0.25, 0.3) is 11.1 Å². The van der Waals surface area contributed by atoms with Gasteiger partial charge >= 0.3 is 6.09 Å². The van der Waals surface area contributed by atoms with Crippen LogP contribution in [0.1, 0.15) is 23.7 Å². The molecule has 0 aliphatic heterocycles. The molecule has 0 heterocycles. The molecule has 0 saturated heterocycles. The van der Waals surface area contributed by atoms with Crippen LogP contribution < -0.4 is 5.73 Å². The zero-order valence-electron chi connectivity index (χ0n) is 11.4. The minimum atomic E-state index is -1.22. The lowest BCUT2D eigenvalue weighted by molar-refractivity contribution is 0.107. The van der Waals surface area contributed by atoms with Crippen molar-refractivity contribution in [1.29, 1.82) is 0 Å². The number of fused-ring (bicyclic) bond motifs is 1. The lowest BCUT2D eigenvalue weighted by Gasteiger charge is -2.12. The maximum atomic E-state index is 13.8. The van der Waals surface area contributed by atoms with E-state index in [2.05, 4.69) is 0 Å². The van der Waals surface area contributed by atoms with Gasteiger partial charge in [0.2, 0.25) is 0 Å². The van der Waals surface area contributed by atoms with Gasteiger partial charge in [0.05, 0.1) is 0 Å². The second-order valence-electron chi connectivity index (χ2n) is 5.12. The minimum absolute atomic E-state index is 0.0130. The van der Waals surface area contributed by atoms with Gasteiger partial charge in [-0.05, 0) is 35.6 Å². The molecule has 2 N–H and O–H groups in total. The second-order valence-corrected chi connectivity index (χ2v) is 5.12. The third-order valence-corrected chi connectivity index (χ3v) is 3.75. The summed E-state index contributed by atoms with van der Waals surface area (Å²) in [5.74, 6) is -3.16. The lowest BCUT2D eigenvalue weighted by Crippen LogP contribution is -2.15. The molecule has 3 nitrogen and oxygen atoms in total. The molecule has 1 atom stereocenters. The summed E-state index contributed by atoms with van der Waals surface area (Å²) < 4.78 is 45.1. The van der Waals surface area contributed by atoms with Crippen LogP contribution in [0.5, 0.6) is 0 Å². The number of hydrogen-bond donors (Lipinski definition) is 1. The molecule has 2 aromatic carbocycles. The van der Waals surface area contributed by atoms with Crippen molar-refractivity contribution in [2.24, 2.45) is 5.73 Å². The zero-order chi connectivity index (χ0) is 15.9. The van der Waals surface area contributed by atoms with Gasteiger partial charge in [0.25, 0.3) is 0 Å². The highest BCUT2D eigenvalue weighted by Gasteiger charge is 2.25. The van der Waals surface area contributed by atoms with Crippen molar-refractivity contribution in [3.05, 3.63) is 58.9 Å². The summed E-state index contributed by atoms with van der Waals surface area (Å²) in [6.45, 7) is 0. The molecule has 2 aromatic rings. The molecule has 0 bridgehead atoms. The van der Waals surface area contributed by atoms with Gasteiger partial charge in [-0.3, -0.25) is 0 Å². The summed E-state index contributed by atoms with van der Waals surface area (Å²) in [5, 5.41) is 0. The Kier molecular flexibility index (Phi) is 3.52. The van der Waals surface area contributed by atoms with E-state index in [1.807, 2.05) is 0 Å². The normalized spacial score (nSPS) is 16.4. The first-order valence-corrected chi connectivity index (χ1v) is 6.69. The van der Waals surface area contributed by atoms with Crippen LogP contribution in [0.15, 0.2) is 30.3 Å². The van der Waals surface area contributed by atoms with E-state index in [1.165, 1.54) is 0 Å². The van der Waals surface area contributed by atoms with E-state index in [-0.39, 0.29) is 5.56 Å². The van der Waals surface area contributed by atoms with Crippen LogP contribution in [0, 0.1) is 17.5 Å². The van der Waals surface area contributed by atoms with Crippen molar-refractivity contribution in [1.82, 2.24) is 0 Å². The molecular formula is C16H12F3NO2. The van der Waals surface area contributed by atoms with Crippen LogP contribution in [-0.4, -0.2) is 6.09 Å². The predicted octanol–water partition coefficient (Wildman–Crippen LogP) is 3.85. The predicted molar refractivity (Wildman–Crippen MR) is 73.5 cm³/mol. The maximum Gasteiger partial charge on any atom is 0.405 e. The average Bonchev–Trinajstić information content (AvgIpc) is 2.84. The van der Waals surface area contributed by atoms with Gasteiger partial charge < -0.3 is 10.5 Å². The Labute approximate surface area is 124 Å². The molecule has 0 fully saturated rings. The molecule has 0 spiro atoms. The van der Waals surface area contributed by atoms with Gasteiger partial charge in [-0.25, -0.2) is 18.0 Å². The van der Waals surface area contributed by atoms with Crippen LogP contribution >= 0.6 is 0 Å². The standard InChI is InChI=1S/C16H12F3NO2/c17-12-7-14(19)13(18)6-11(12)9-1-3-10-8(5-9)2-4-15(10)22-16(20)21/h1,3,5-7,15H,2,4H2,(H2,20,21). The molecule has 6 heteroatoms. The number of halogens is 3. The number of carbonyl (C=O) groups is 1. The molecule has 22 heavy (non-hydrogen) atoms. The fourth-order valence-electron chi connectivity index (χ4n) is 2.75. The molecule has 1 aliphatic rings. The van der Waals surface area contributed by atoms with Gasteiger partial charge in [-0.2, -0.15) is 0 Å². The number of primary amides is 1. The topological polar surface area (TPSA) is 52.3 Å². The Morgan fingerprint density at radius 1 is 1.09 bits per heavy atom. The van der Waals surface area contributed by atoms with E-state index < -0.39 is 29.6 Å². The summed E-state index contributed by atoms with van der Waals surface area (Å²) in [4.78, 5) is 10.8. The summed E-state index contributed by atoms with van der Waals surface area (Å²) in [6.07, 6.45) is -0.0565. The average molecular weight is 307 g/mol. The van der Waals surface area contributed by atoms with E-state index in [0.717, 1.165) is 17.2 Å². The quantitative estimate of drug-likeness (QED) is 0.857. The van der Waals surface area contributed by atoms with Crippen LogP contribution in [0.2, 0.25) is 0 Å². The maximum absolute atomic E-state index is 13.8. The Hall–Kier alpha value is -2.50. The summed E-state index contributed by atoms with van der Waals surface area (Å²) in [7, 11) is 0. The molecule has 114 valence electrons. The fourth-order valence-corrected chi connectivity index (χ4v) is 2.75. The Morgan fingerprint density at radius 3 is 2.55 bits per heavy atom. The number of ether oxygens (including phenoxy) is 1. The Balaban J connectivity index is 1.99. The number of benzene rings is 2. The monoisotopic (exact) mass is 307 g/mol. The highest BCUT2D eigenvalue weighted by atomic mass is 19.2. The largest absolute Gasteiger partial charge is 0.441 e. The molecule has 3 rings (SSSR count).